The number of halogens is 4. The van der Waals surface area contributed by atoms with Crippen molar-refractivity contribution < 1.29 is 22.4 Å². The summed E-state index contributed by atoms with van der Waals surface area (Å²) in [6.07, 6.45) is -4.69. The minimum Gasteiger partial charge on any atom is -0.360 e. The molecule has 0 radical (unpaired) electrons. The first-order valence-electron chi connectivity index (χ1n) is 5.60. The third-order valence-corrected chi connectivity index (χ3v) is 4.08. The largest absolute Gasteiger partial charge is 0.412 e. The second kappa shape index (κ2) is 5.08. The van der Waals surface area contributed by atoms with Gasteiger partial charge < -0.3 is 5.32 Å². The molecule has 1 N–H and O–H groups in total. The van der Waals surface area contributed by atoms with E-state index in [4.69, 9.17) is 0 Å². The Labute approximate surface area is 116 Å². The van der Waals surface area contributed by atoms with Crippen molar-refractivity contribution in [1.82, 2.24) is 5.32 Å². The summed E-state index contributed by atoms with van der Waals surface area (Å²) in [5.41, 5.74) is 0.281. The molecule has 1 aromatic carbocycles. The first-order valence-corrected chi connectivity index (χ1v) is 6.42. The number of thioether (sulfide) groups is 1. The normalized spacial score (nSPS) is 22.9. The number of amidine groups is 1. The maximum Gasteiger partial charge on any atom is 0.412 e. The van der Waals surface area contributed by atoms with Crippen molar-refractivity contribution in [2.45, 2.75) is 24.4 Å². The predicted octanol–water partition coefficient (Wildman–Crippen LogP) is 2.87. The molecule has 0 spiro atoms. The number of aliphatic imine (C=N–C) groups is 1. The molecule has 0 bridgehead atoms. The van der Waals surface area contributed by atoms with E-state index in [1.54, 1.807) is 6.07 Å². The lowest BCUT2D eigenvalue weighted by Crippen LogP contribution is -2.43. The number of nitrogens with zero attached hydrogens (tertiary/aromatic N) is 1. The molecule has 0 aromatic heterocycles. The van der Waals surface area contributed by atoms with Gasteiger partial charge in [0.15, 0.2) is 9.91 Å². The third kappa shape index (κ3) is 2.65. The number of benzene rings is 1. The van der Waals surface area contributed by atoms with Crippen LogP contribution in [0.5, 0.6) is 0 Å². The molecule has 1 aliphatic heterocycles. The van der Waals surface area contributed by atoms with E-state index in [0.29, 0.717) is 11.8 Å². The fourth-order valence-corrected chi connectivity index (χ4v) is 2.43. The van der Waals surface area contributed by atoms with E-state index >= 15 is 0 Å². The van der Waals surface area contributed by atoms with Crippen LogP contribution in [0.25, 0.3) is 0 Å². The van der Waals surface area contributed by atoms with Gasteiger partial charge in [-0.05, 0) is 13.0 Å². The summed E-state index contributed by atoms with van der Waals surface area (Å²) in [6, 6.07) is 5.85. The van der Waals surface area contributed by atoms with Crippen LogP contribution in [0.1, 0.15) is 12.5 Å². The Balaban J connectivity index is 2.05. The third-order valence-electron chi connectivity index (χ3n) is 2.84. The molecule has 3 nitrogen and oxygen atoms in total. The van der Waals surface area contributed by atoms with E-state index in [1.165, 1.54) is 18.2 Å². The van der Waals surface area contributed by atoms with Crippen LogP contribution < -0.4 is 5.32 Å². The Hall–Kier alpha value is -1.57. The zero-order valence-electron chi connectivity index (χ0n) is 10.3. The second-order valence-electron chi connectivity index (χ2n) is 4.30. The van der Waals surface area contributed by atoms with Gasteiger partial charge in [0.2, 0.25) is 0 Å². The van der Waals surface area contributed by atoms with E-state index in [0.717, 1.165) is 6.92 Å². The lowest BCUT2D eigenvalue weighted by Gasteiger charge is -2.23. The first-order chi connectivity index (χ1) is 9.24. The lowest BCUT2D eigenvalue weighted by molar-refractivity contribution is -0.165. The molecule has 0 fully saturated rings. The van der Waals surface area contributed by atoms with Gasteiger partial charge in [0.1, 0.15) is 5.82 Å². The molecule has 0 saturated heterocycles. The quantitative estimate of drug-likeness (QED) is 0.854. The van der Waals surface area contributed by atoms with Crippen LogP contribution in [0.15, 0.2) is 29.3 Å². The highest BCUT2D eigenvalue weighted by Gasteiger charge is 2.61. The van der Waals surface area contributed by atoms with Gasteiger partial charge in [-0.15, -0.1) is 0 Å². The topological polar surface area (TPSA) is 41.5 Å². The molecule has 1 unspecified atom stereocenters. The summed E-state index contributed by atoms with van der Waals surface area (Å²) in [4.78, 5) is 14.7. The van der Waals surface area contributed by atoms with Gasteiger partial charge in [-0.3, -0.25) is 4.79 Å². The standard InChI is InChI=1S/C12H10F4N2OS/c1-11(12(14,15)16)9(19)18-10(20-11)17-6-7-4-2-3-5-8(7)13/h2-5H,6H2,1H3,(H,17,18,19). The van der Waals surface area contributed by atoms with Crippen LogP contribution >= 0.6 is 11.8 Å². The Kier molecular flexibility index (Phi) is 3.77. The molecule has 0 saturated carbocycles. The average molecular weight is 306 g/mol. The van der Waals surface area contributed by atoms with Gasteiger partial charge in [0, 0.05) is 12.1 Å². The fraction of sp³-hybridized carbons (Fsp3) is 0.333. The van der Waals surface area contributed by atoms with Gasteiger partial charge in [-0.25, -0.2) is 4.39 Å². The summed E-state index contributed by atoms with van der Waals surface area (Å²) < 4.78 is 49.1. The summed E-state index contributed by atoms with van der Waals surface area (Å²) in [5.74, 6) is -1.74. The molecule has 8 heteroatoms. The van der Waals surface area contributed by atoms with Crippen LogP contribution in [-0.2, 0) is 11.3 Å². The molecule has 1 aromatic rings. The highest BCUT2D eigenvalue weighted by Crippen LogP contribution is 2.45. The molecule has 0 aliphatic carbocycles. The number of hydrogen-bond donors (Lipinski definition) is 1. The SMILES string of the molecule is CC1(C(F)(F)F)SC(NCc2ccccc2F)=NC1=O. The maximum absolute atomic E-state index is 13.3. The minimum absolute atomic E-state index is 0.0419. The summed E-state index contributed by atoms with van der Waals surface area (Å²) in [7, 11) is 0. The van der Waals surface area contributed by atoms with Gasteiger partial charge in [0.05, 0.1) is 0 Å². The van der Waals surface area contributed by atoms with Crippen molar-refractivity contribution >= 4 is 22.8 Å². The summed E-state index contributed by atoms with van der Waals surface area (Å²) in [5, 5.41) is 2.39. The number of alkyl halides is 3. The number of carbonyl (C=O) groups excluding carboxylic acids is 1. The van der Waals surface area contributed by atoms with Crippen LogP contribution in [0, 0.1) is 5.82 Å². The highest BCUT2D eigenvalue weighted by atomic mass is 32.2. The van der Waals surface area contributed by atoms with E-state index in [9.17, 15) is 22.4 Å². The average Bonchev–Trinajstić information content (AvgIpc) is 2.65. The number of amides is 1. The van der Waals surface area contributed by atoms with Gasteiger partial charge in [-0.1, -0.05) is 30.0 Å². The number of carbonyl (C=O) groups is 1. The molecule has 1 aliphatic rings. The van der Waals surface area contributed by atoms with E-state index in [2.05, 4.69) is 10.3 Å². The Morgan fingerprint density at radius 2 is 2.00 bits per heavy atom. The number of rotatable bonds is 2. The van der Waals surface area contributed by atoms with E-state index in [-0.39, 0.29) is 17.3 Å². The van der Waals surface area contributed by atoms with Crippen LogP contribution in [0.4, 0.5) is 17.6 Å². The number of nitrogens with one attached hydrogen (secondary N) is 1. The van der Waals surface area contributed by atoms with Crippen LogP contribution in [-0.4, -0.2) is 22.0 Å². The van der Waals surface area contributed by atoms with Crippen molar-refractivity contribution in [3.05, 3.63) is 35.6 Å². The predicted molar refractivity (Wildman–Crippen MR) is 67.7 cm³/mol. The molecule has 1 atom stereocenters. The molecule has 108 valence electrons. The fourth-order valence-electron chi connectivity index (χ4n) is 1.53. The first kappa shape index (κ1) is 14.8. The Morgan fingerprint density at radius 3 is 2.55 bits per heavy atom. The molecule has 1 heterocycles. The molecular formula is C12H10F4N2OS. The van der Waals surface area contributed by atoms with Gasteiger partial charge >= 0.3 is 6.18 Å². The molecule has 20 heavy (non-hydrogen) atoms. The molecular weight excluding hydrogens is 296 g/mol. The Morgan fingerprint density at radius 1 is 1.35 bits per heavy atom. The number of hydrogen-bond acceptors (Lipinski definition) is 3. The van der Waals surface area contributed by atoms with Crippen molar-refractivity contribution in [2.75, 3.05) is 0 Å². The minimum atomic E-state index is -4.69. The van der Waals surface area contributed by atoms with Crippen molar-refractivity contribution in [3.8, 4) is 0 Å². The van der Waals surface area contributed by atoms with E-state index in [1.807, 2.05) is 0 Å². The van der Waals surface area contributed by atoms with Crippen molar-refractivity contribution in [3.63, 3.8) is 0 Å². The zero-order chi connectivity index (χ0) is 15.0. The summed E-state index contributed by atoms with van der Waals surface area (Å²) >= 11 is 0.295. The highest BCUT2D eigenvalue weighted by molar-refractivity contribution is 8.16. The zero-order valence-corrected chi connectivity index (χ0v) is 11.1. The monoisotopic (exact) mass is 306 g/mol. The maximum atomic E-state index is 13.3. The van der Waals surface area contributed by atoms with Crippen LogP contribution in [0.2, 0.25) is 0 Å². The second-order valence-corrected chi connectivity index (χ2v) is 5.71. The Bertz CT molecular complexity index is 573. The molecule has 1 amide bonds. The van der Waals surface area contributed by atoms with Crippen molar-refractivity contribution in [2.24, 2.45) is 4.99 Å². The molecule has 2 rings (SSSR count). The smallest absolute Gasteiger partial charge is 0.360 e. The van der Waals surface area contributed by atoms with E-state index < -0.39 is 22.6 Å². The van der Waals surface area contributed by atoms with Crippen molar-refractivity contribution in [1.29, 1.82) is 0 Å². The van der Waals surface area contributed by atoms with Crippen LogP contribution in [0.3, 0.4) is 0 Å². The lowest BCUT2D eigenvalue weighted by atomic mass is 10.1. The van der Waals surface area contributed by atoms with Gasteiger partial charge in [0.25, 0.3) is 5.91 Å². The van der Waals surface area contributed by atoms with Gasteiger partial charge in [-0.2, -0.15) is 18.2 Å². The summed E-state index contributed by atoms with van der Waals surface area (Å²) in [6.45, 7) is 0.737.